The summed E-state index contributed by atoms with van der Waals surface area (Å²) in [6.45, 7) is 4.19. The van der Waals surface area contributed by atoms with E-state index in [0.717, 1.165) is 37.7 Å². The third-order valence-corrected chi connectivity index (χ3v) is 5.92. The van der Waals surface area contributed by atoms with Crippen molar-refractivity contribution in [3.63, 3.8) is 0 Å². The first-order chi connectivity index (χ1) is 14.8. The number of hydrogen-bond acceptors (Lipinski definition) is 4. The van der Waals surface area contributed by atoms with Gasteiger partial charge in [-0.3, -0.25) is 4.90 Å². The van der Waals surface area contributed by atoms with Crippen LogP contribution in [0.1, 0.15) is 29.2 Å². The first-order valence-electron chi connectivity index (χ1n) is 10.7. The molecule has 0 spiro atoms. The van der Waals surface area contributed by atoms with Crippen LogP contribution in [0, 0.1) is 5.92 Å². The molecule has 0 amide bonds. The van der Waals surface area contributed by atoms with Crippen molar-refractivity contribution < 1.29 is 14.2 Å². The smallest absolute Gasteiger partial charge is 0.231 e. The Morgan fingerprint density at radius 2 is 1.57 bits per heavy atom. The van der Waals surface area contributed by atoms with E-state index in [1.54, 1.807) is 0 Å². The summed E-state index contributed by atoms with van der Waals surface area (Å²) in [6.07, 6.45) is 1.15. The fourth-order valence-electron chi connectivity index (χ4n) is 4.36. The molecule has 0 N–H and O–H groups in total. The maximum absolute atomic E-state index is 6.49. The van der Waals surface area contributed by atoms with E-state index < -0.39 is 0 Å². The number of ether oxygens (including phenoxy) is 3. The molecule has 4 heteroatoms. The lowest BCUT2D eigenvalue weighted by Gasteiger charge is -2.22. The summed E-state index contributed by atoms with van der Waals surface area (Å²) in [4.78, 5) is 2.51. The number of likely N-dealkylation sites (tertiary alicyclic amines) is 1. The van der Waals surface area contributed by atoms with Crippen LogP contribution in [0.4, 0.5) is 0 Å². The first-order valence-corrected chi connectivity index (χ1v) is 10.7. The van der Waals surface area contributed by atoms with Gasteiger partial charge in [0.2, 0.25) is 6.79 Å². The highest BCUT2D eigenvalue weighted by Crippen LogP contribution is 2.33. The maximum atomic E-state index is 6.49. The maximum Gasteiger partial charge on any atom is 0.231 e. The third kappa shape index (κ3) is 4.35. The quantitative estimate of drug-likeness (QED) is 0.555. The molecule has 4 nitrogen and oxygen atoms in total. The minimum absolute atomic E-state index is 0.0182. The normalized spacial score (nSPS) is 18.2. The zero-order valence-corrected chi connectivity index (χ0v) is 17.1. The van der Waals surface area contributed by atoms with Crippen molar-refractivity contribution in [2.75, 3.05) is 26.5 Å². The fraction of sp³-hybridized carbons (Fsp3) is 0.308. The molecule has 1 fully saturated rings. The molecule has 5 rings (SSSR count). The van der Waals surface area contributed by atoms with Crippen LogP contribution < -0.4 is 9.47 Å². The molecule has 1 unspecified atom stereocenters. The number of hydrogen-bond donors (Lipinski definition) is 0. The number of rotatable bonds is 7. The van der Waals surface area contributed by atoms with E-state index in [2.05, 4.69) is 77.7 Å². The lowest BCUT2D eigenvalue weighted by atomic mass is 10.0. The van der Waals surface area contributed by atoms with Crippen LogP contribution in [0.25, 0.3) is 0 Å². The Morgan fingerprint density at radius 1 is 0.867 bits per heavy atom. The van der Waals surface area contributed by atoms with Gasteiger partial charge in [-0.05, 0) is 47.7 Å². The van der Waals surface area contributed by atoms with E-state index in [-0.39, 0.29) is 6.10 Å². The van der Waals surface area contributed by atoms with Crippen LogP contribution in [-0.4, -0.2) is 31.4 Å². The van der Waals surface area contributed by atoms with Gasteiger partial charge in [0, 0.05) is 13.1 Å². The summed E-state index contributed by atoms with van der Waals surface area (Å²) in [5, 5.41) is 0. The molecular weight excluding hydrogens is 374 g/mol. The second kappa shape index (κ2) is 8.90. The van der Waals surface area contributed by atoms with Gasteiger partial charge in [0.1, 0.15) is 6.10 Å². The topological polar surface area (TPSA) is 30.9 Å². The number of nitrogens with zero attached hydrogens (tertiary/aromatic N) is 1. The van der Waals surface area contributed by atoms with Crippen LogP contribution >= 0.6 is 0 Å². The molecule has 30 heavy (non-hydrogen) atoms. The van der Waals surface area contributed by atoms with Crippen LogP contribution in [0.2, 0.25) is 0 Å². The predicted molar refractivity (Wildman–Crippen MR) is 117 cm³/mol. The molecule has 1 saturated heterocycles. The average Bonchev–Trinajstić information content (AvgIpc) is 3.44. The highest BCUT2D eigenvalue weighted by Gasteiger charge is 2.25. The predicted octanol–water partition coefficient (Wildman–Crippen LogP) is 5.04. The van der Waals surface area contributed by atoms with Crippen LogP contribution in [0.3, 0.4) is 0 Å². The van der Waals surface area contributed by atoms with E-state index >= 15 is 0 Å². The van der Waals surface area contributed by atoms with Gasteiger partial charge >= 0.3 is 0 Å². The van der Waals surface area contributed by atoms with Crippen LogP contribution in [-0.2, 0) is 11.3 Å². The first kappa shape index (κ1) is 19.2. The molecule has 0 aliphatic carbocycles. The van der Waals surface area contributed by atoms with E-state index in [0.29, 0.717) is 12.7 Å². The second-order valence-electron chi connectivity index (χ2n) is 8.11. The largest absolute Gasteiger partial charge is 0.454 e. The molecule has 0 bridgehead atoms. The van der Waals surface area contributed by atoms with Crippen molar-refractivity contribution in [3.8, 4) is 11.5 Å². The molecule has 3 aromatic rings. The van der Waals surface area contributed by atoms with Crippen molar-refractivity contribution >= 4 is 0 Å². The molecule has 0 saturated carbocycles. The SMILES string of the molecule is c1ccc(C(OCC2CCN(Cc3ccc4c(c3)OCO4)C2)c2ccccc2)cc1. The van der Waals surface area contributed by atoms with E-state index in [4.69, 9.17) is 14.2 Å². The molecule has 1 atom stereocenters. The monoisotopic (exact) mass is 401 g/mol. The van der Waals surface area contributed by atoms with Crippen molar-refractivity contribution in [3.05, 3.63) is 95.6 Å². The van der Waals surface area contributed by atoms with Crippen molar-refractivity contribution in [1.29, 1.82) is 0 Å². The van der Waals surface area contributed by atoms with Gasteiger partial charge in [0.15, 0.2) is 11.5 Å². The lowest BCUT2D eigenvalue weighted by Crippen LogP contribution is -2.22. The highest BCUT2D eigenvalue weighted by atomic mass is 16.7. The molecule has 2 heterocycles. The van der Waals surface area contributed by atoms with Gasteiger partial charge in [-0.15, -0.1) is 0 Å². The number of fused-ring (bicyclic) bond motifs is 1. The van der Waals surface area contributed by atoms with Crippen LogP contribution in [0.5, 0.6) is 11.5 Å². The highest BCUT2D eigenvalue weighted by molar-refractivity contribution is 5.44. The third-order valence-electron chi connectivity index (χ3n) is 5.92. The van der Waals surface area contributed by atoms with Crippen molar-refractivity contribution in [1.82, 2.24) is 4.90 Å². The Balaban J connectivity index is 1.20. The fourth-order valence-corrected chi connectivity index (χ4v) is 4.36. The van der Waals surface area contributed by atoms with E-state index in [1.165, 1.54) is 23.1 Å². The Bertz CT molecular complexity index is 921. The Hall–Kier alpha value is -2.82. The number of benzene rings is 3. The molecule has 0 radical (unpaired) electrons. The Kier molecular flexibility index (Phi) is 5.69. The Labute approximate surface area is 178 Å². The van der Waals surface area contributed by atoms with Crippen LogP contribution in [0.15, 0.2) is 78.9 Å². The summed E-state index contributed by atoms with van der Waals surface area (Å²) < 4.78 is 17.4. The summed E-state index contributed by atoms with van der Waals surface area (Å²) >= 11 is 0. The molecule has 2 aliphatic rings. The average molecular weight is 402 g/mol. The minimum atomic E-state index is -0.0182. The molecule has 0 aromatic heterocycles. The van der Waals surface area contributed by atoms with Gasteiger partial charge < -0.3 is 14.2 Å². The summed E-state index contributed by atoms with van der Waals surface area (Å²) in [5.74, 6) is 2.26. The van der Waals surface area contributed by atoms with Gasteiger partial charge in [0.25, 0.3) is 0 Å². The second-order valence-corrected chi connectivity index (χ2v) is 8.11. The van der Waals surface area contributed by atoms with Gasteiger partial charge in [-0.25, -0.2) is 0 Å². The van der Waals surface area contributed by atoms with E-state index in [1.807, 2.05) is 6.07 Å². The zero-order valence-electron chi connectivity index (χ0n) is 17.1. The van der Waals surface area contributed by atoms with Crippen molar-refractivity contribution in [2.45, 2.75) is 19.1 Å². The minimum Gasteiger partial charge on any atom is -0.454 e. The lowest BCUT2D eigenvalue weighted by molar-refractivity contribution is 0.0536. The Morgan fingerprint density at radius 3 is 2.30 bits per heavy atom. The standard InChI is InChI=1S/C26H27NO3/c1-3-7-22(8-4-1)26(23-9-5-2-6-10-23)28-18-21-13-14-27(17-21)16-20-11-12-24-25(15-20)30-19-29-24/h1-12,15,21,26H,13-14,16-19H2. The summed E-state index contributed by atoms with van der Waals surface area (Å²) in [7, 11) is 0. The zero-order chi connectivity index (χ0) is 20.2. The molecule has 3 aromatic carbocycles. The van der Waals surface area contributed by atoms with Crippen molar-refractivity contribution in [2.24, 2.45) is 5.92 Å². The summed E-state index contributed by atoms with van der Waals surface area (Å²) in [6, 6.07) is 27.3. The molecular formula is C26H27NO3. The van der Waals surface area contributed by atoms with Gasteiger partial charge in [-0.1, -0.05) is 66.7 Å². The molecule has 2 aliphatic heterocycles. The summed E-state index contributed by atoms with van der Waals surface area (Å²) in [5.41, 5.74) is 3.69. The van der Waals surface area contributed by atoms with Gasteiger partial charge in [0.05, 0.1) is 6.61 Å². The molecule has 154 valence electrons. The van der Waals surface area contributed by atoms with Gasteiger partial charge in [-0.2, -0.15) is 0 Å². The van der Waals surface area contributed by atoms with E-state index in [9.17, 15) is 0 Å².